The standard InChI is InChI=1S/C16H23F3N2/c1-12-5-3-2-4-10-21(12)15-7-6-13(8-9-20)11-14(15)16(17,18)19/h6-7,11-12H,2-5,8-10,20H2,1H3. The fourth-order valence-corrected chi connectivity index (χ4v) is 3.02. The van der Waals surface area contributed by atoms with E-state index in [4.69, 9.17) is 5.73 Å². The van der Waals surface area contributed by atoms with Crippen LogP contribution in [-0.4, -0.2) is 19.1 Å². The molecule has 1 saturated heterocycles. The van der Waals surface area contributed by atoms with E-state index < -0.39 is 11.7 Å². The maximum Gasteiger partial charge on any atom is 0.418 e. The molecule has 0 bridgehead atoms. The van der Waals surface area contributed by atoms with Crippen LogP contribution in [0, 0.1) is 0 Å². The Kier molecular flexibility index (Phi) is 5.14. The Morgan fingerprint density at radius 2 is 2.00 bits per heavy atom. The predicted molar refractivity (Wildman–Crippen MR) is 79.5 cm³/mol. The van der Waals surface area contributed by atoms with Crippen molar-refractivity contribution in [1.82, 2.24) is 0 Å². The highest BCUT2D eigenvalue weighted by Crippen LogP contribution is 2.39. The van der Waals surface area contributed by atoms with Crippen LogP contribution in [0.4, 0.5) is 18.9 Å². The highest BCUT2D eigenvalue weighted by molar-refractivity contribution is 5.57. The summed E-state index contributed by atoms with van der Waals surface area (Å²) < 4.78 is 40.2. The molecule has 1 aromatic rings. The Morgan fingerprint density at radius 3 is 2.67 bits per heavy atom. The molecular formula is C16H23F3N2. The van der Waals surface area contributed by atoms with Crippen molar-refractivity contribution in [3.63, 3.8) is 0 Å². The lowest BCUT2D eigenvalue weighted by Gasteiger charge is -2.32. The summed E-state index contributed by atoms with van der Waals surface area (Å²) >= 11 is 0. The zero-order valence-electron chi connectivity index (χ0n) is 12.4. The fraction of sp³-hybridized carbons (Fsp3) is 0.625. The first kappa shape index (κ1) is 16.1. The summed E-state index contributed by atoms with van der Waals surface area (Å²) in [7, 11) is 0. The third kappa shape index (κ3) is 3.90. The third-order valence-electron chi connectivity index (χ3n) is 4.16. The lowest BCUT2D eigenvalue weighted by atomic mass is 10.0. The van der Waals surface area contributed by atoms with Crippen molar-refractivity contribution in [3.05, 3.63) is 29.3 Å². The summed E-state index contributed by atoms with van der Waals surface area (Å²) in [6.07, 6.45) is 0.219. The van der Waals surface area contributed by atoms with Gasteiger partial charge in [0.25, 0.3) is 0 Å². The summed E-state index contributed by atoms with van der Waals surface area (Å²) in [6.45, 7) is 3.07. The van der Waals surface area contributed by atoms with E-state index in [0.717, 1.165) is 25.7 Å². The van der Waals surface area contributed by atoms with Crippen molar-refractivity contribution < 1.29 is 13.2 Å². The predicted octanol–water partition coefficient (Wildman–Crippen LogP) is 3.98. The van der Waals surface area contributed by atoms with Crippen LogP contribution in [0.15, 0.2) is 18.2 Å². The van der Waals surface area contributed by atoms with Crippen molar-refractivity contribution in [1.29, 1.82) is 0 Å². The highest BCUT2D eigenvalue weighted by Gasteiger charge is 2.36. The normalized spacial score (nSPS) is 20.4. The van der Waals surface area contributed by atoms with Gasteiger partial charge in [-0.3, -0.25) is 0 Å². The zero-order chi connectivity index (χ0) is 15.5. The van der Waals surface area contributed by atoms with E-state index in [1.54, 1.807) is 12.1 Å². The van der Waals surface area contributed by atoms with Crippen LogP contribution in [0.1, 0.15) is 43.7 Å². The molecule has 0 saturated carbocycles. The molecule has 2 rings (SSSR count). The molecule has 0 spiro atoms. The highest BCUT2D eigenvalue weighted by atomic mass is 19.4. The number of alkyl halides is 3. The van der Waals surface area contributed by atoms with Crippen LogP contribution in [0.2, 0.25) is 0 Å². The Labute approximate surface area is 124 Å². The smallest absolute Gasteiger partial charge is 0.368 e. The Bertz CT molecular complexity index is 471. The molecule has 1 aromatic carbocycles. The molecule has 1 heterocycles. The monoisotopic (exact) mass is 300 g/mol. The first-order chi connectivity index (χ1) is 9.93. The van der Waals surface area contributed by atoms with Crippen molar-refractivity contribution >= 4 is 5.69 Å². The minimum absolute atomic E-state index is 0.147. The van der Waals surface area contributed by atoms with Crippen molar-refractivity contribution in [3.8, 4) is 0 Å². The van der Waals surface area contributed by atoms with E-state index >= 15 is 0 Å². The van der Waals surface area contributed by atoms with Gasteiger partial charge in [-0.1, -0.05) is 18.9 Å². The van der Waals surface area contributed by atoms with Gasteiger partial charge in [-0.2, -0.15) is 13.2 Å². The summed E-state index contributed by atoms with van der Waals surface area (Å²) in [5.74, 6) is 0. The molecule has 1 aliphatic heterocycles. The first-order valence-electron chi connectivity index (χ1n) is 7.60. The molecule has 0 radical (unpaired) electrons. The molecular weight excluding hydrogens is 277 g/mol. The molecule has 1 aliphatic rings. The number of nitrogens with zero attached hydrogens (tertiary/aromatic N) is 1. The molecule has 1 atom stereocenters. The second kappa shape index (κ2) is 6.69. The number of nitrogens with two attached hydrogens (primary N) is 1. The van der Waals surface area contributed by atoms with Crippen molar-refractivity contribution in [2.75, 3.05) is 18.0 Å². The molecule has 2 nitrogen and oxygen atoms in total. The van der Waals surface area contributed by atoms with Crippen molar-refractivity contribution in [2.24, 2.45) is 5.73 Å². The minimum atomic E-state index is -4.33. The number of hydrogen-bond acceptors (Lipinski definition) is 2. The van der Waals surface area contributed by atoms with Crippen LogP contribution < -0.4 is 10.6 Å². The van der Waals surface area contributed by atoms with Gasteiger partial charge < -0.3 is 10.6 Å². The van der Waals surface area contributed by atoms with Gasteiger partial charge in [0.05, 0.1) is 5.56 Å². The summed E-state index contributed by atoms with van der Waals surface area (Å²) in [5, 5.41) is 0. The molecule has 1 fully saturated rings. The van der Waals surface area contributed by atoms with Gasteiger partial charge >= 0.3 is 6.18 Å². The van der Waals surface area contributed by atoms with E-state index in [9.17, 15) is 13.2 Å². The minimum Gasteiger partial charge on any atom is -0.368 e. The molecule has 0 aromatic heterocycles. The second-order valence-corrected chi connectivity index (χ2v) is 5.78. The van der Waals surface area contributed by atoms with Crippen molar-refractivity contribution in [2.45, 2.75) is 51.2 Å². The Balaban J connectivity index is 2.41. The number of anilines is 1. The van der Waals surface area contributed by atoms with E-state index in [1.165, 1.54) is 6.07 Å². The molecule has 2 N–H and O–H groups in total. The summed E-state index contributed by atoms with van der Waals surface area (Å²) in [6, 6.07) is 4.80. The van der Waals surface area contributed by atoms with Gasteiger partial charge in [-0.05, 0) is 50.4 Å². The van der Waals surface area contributed by atoms with E-state index in [2.05, 4.69) is 0 Å². The van der Waals surface area contributed by atoms with E-state index in [-0.39, 0.29) is 6.04 Å². The van der Waals surface area contributed by atoms with E-state index in [1.807, 2.05) is 11.8 Å². The molecule has 21 heavy (non-hydrogen) atoms. The quantitative estimate of drug-likeness (QED) is 0.915. The first-order valence-corrected chi connectivity index (χ1v) is 7.60. The largest absolute Gasteiger partial charge is 0.418 e. The van der Waals surface area contributed by atoms with Gasteiger partial charge in [0.2, 0.25) is 0 Å². The topological polar surface area (TPSA) is 29.3 Å². The molecule has 0 aliphatic carbocycles. The van der Waals surface area contributed by atoms with Gasteiger partial charge in [0.15, 0.2) is 0 Å². The summed E-state index contributed by atoms with van der Waals surface area (Å²) in [4.78, 5) is 1.92. The number of rotatable bonds is 3. The lowest BCUT2D eigenvalue weighted by Crippen LogP contribution is -2.34. The summed E-state index contributed by atoms with van der Waals surface area (Å²) in [5.41, 5.74) is 5.89. The second-order valence-electron chi connectivity index (χ2n) is 5.78. The van der Waals surface area contributed by atoms with Crippen LogP contribution in [-0.2, 0) is 12.6 Å². The van der Waals surface area contributed by atoms with Gasteiger partial charge in [0, 0.05) is 18.3 Å². The fourth-order valence-electron chi connectivity index (χ4n) is 3.02. The number of hydrogen-bond donors (Lipinski definition) is 1. The SMILES string of the molecule is CC1CCCCCN1c1ccc(CCN)cc1C(F)(F)F. The maximum atomic E-state index is 13.4. The van der Waals surface area contributed by atoms with Gasteiger partial charge in [-0.15, -0.1) is 0 Å². The third-order valence-corrected chi connectivity index (χ3v) is 4.16. The number of benzene rings is 1. The Morgan fingerprint density at radius 1 is 1.24 bits per heavy atom. The van der Waals surface area contributed by atoms with Crippen LogP contribution >= 0.6 is 0 Å². The zero-order valence-corrected chi connectivity index (χ0v) is 12.4. The molecule has 0 amide bonds. The van der Waals surface area contributed by atoms with Crippen LogP contribution in [0.3, 0.4) is 0 Å². The molecule has 1 unspecified atom stereocenters. The van der Waals surface area contributed by atoms with Gasteiger partial charge in [-0.25, -0.2) is 0 Å². The Hall–Kier alpha value is -1.23. The average molecular weight is 300 g/mol. The van der Waals surface area contributed by atoms with Crippen LogP contribution in [0.5, 0.6) is 0 Å². The maximum absolute atomic E-state index is 13.4. The van der Waals surface area contributed by atoms with Crippen LogP contribution in [0.25, 0.3) is 0 Å². The molecule has 5 heteroatoms. The van der Waals surface area contributed by atoms with Gasteiger partial charge in [0.1, 0.15) is 0 Å². The molecule has 118 valence electrons. The lowest BCUT2D eigenvalue weighted by molar-refractivity contribution is -0.137. The van der Waals surface area contributed by atoms with E-state index in [0.29, 0.717) is 30.8 Å². The average Bonchev–Trinajstić information content (AvgIpc) is 2.63. The number of halogens is 3.